The average molecular weight is 321 g/mol. The largest absolute Gasteiger partial charge is 0.376 e. The SMILES string of the molecule is O=C(CNc1ccc(F)c(Cl)c1)N[C@H]1CCS(=O)(=O)C1. The van der Waals surface area contributed by atoms with Gasteiger partial charge < -0.3 is 10.6 Å². The van der Waals surface area contributed by atoms with E-state index in [1.54, 1.807) is 0 Å². The minimum Gasteiger partial charge on any atom is -0.376 e. The van der Waals surface area contributed by atoms with Gasteiger partial charge in [-0.05, 0) is 24.6 Å². The van der Waals surface area contributed by atoms with Crippen molar-refractivity contribution in [1.82, 2.24) is 5.32 Å². The summed E-state index contributed by atoms with van der Waals surface area (Å²) < 4.78 is 35.5. The molecule has 1 atom stereocenters. The second-order valence-electron chi connectivity index (χ2n) is 4.65. The second-order valence-corrected chi connectivity index (χ2v) is 7.29. The van der Waals surface area contributed by atoms with E-state index in [1.165, 1.54) is 18.2 Å². The summed E-state index contributed by atoms with van der Waals surface area (Å²) in [6.07, 6.45) is 0.441. The monoisotopic (exact) mass is 320 g/mol. The van der Waals surface area contributed by atoms with Crippen LogP contribution in [0.5, 0.6) is 0 Å². The maximum Gasteiger partial charge on any atom is 0.239 e. The molecule has 20 heavy (non-hydrogen) atoms. The Morgan fingerprint density at radius 3 is 2.80 bits per heavy atom. The number of benzene rings is 1. The van der Waals surface area contributed by atoms with Crippen LogP contribution in [0.1, 0.15) is 6.42 Å². The third-order valence-corrected chi connectivity index (χ3v) is 5.03. The van der Waals surface area contributed by atoms with Gasteiger partial charge in [0.1, 0.15) is 5.82 Å². The normalized spacial score (nSPS) is 20.6. The van der Waals surface area contributed by atoms with Crippen LogP contribution in [0.2, 0.25) is 5.02 Å². The van der Waals surface area contributed by atoms with Gasteiger partial charge in [-0.1, -0.05) is 11.6 Å². The molecule has 0 bridgehead atoms. The van der Waals surface area contributed by atoms with Crippen molar-refractivity contribution in [3.05, 3.63) is 29.0 Å². The van der Waals surface area contributed by atoms with Gasteiger partial charge in [-0.3, -0.25) is 4.79 Å². The molecule has 1 aromatic carbocycles. The molecule has 1 amide bonds. The van der Waals surface area contributed by atoms with E-state index in [1.807, 2.05) is 0 Å². The summed E-state index contributed by atoms with van der Waals surface area (Å²) >= 11 is 5.62. The first-order valence-electron chi connectivity index (χ1n) is 6.04. The molecular formula is C12H14ClFN2O3S. The lowest BCUT2D eigenvalue weighted by Crippen LogP contribution is -2.39. The highest BCUT2D eigenvalue weighted by atomic mass is 35.5. The van der Waals surface area contributed by atoms with Gasteiger partial charge in [-0.2, -0.15) is 0 Å². The molecule has 1 aliphatic heterocycles. The molecule has 0 unspecified atom stereocenters. The highest BCUT2D eigenvalue weighted by molar-refractivity contribution is 7.91. The first-order chi connectivity index (χ1) is 9.35. The topological polar surface area (TPSA) is 75.3 Å². The maximum absolute atomic E-state index is 12.9. The van der Waals surface area contributed by atoms with Gasteiger partial charge in [0.25, 0.3) is 0 Å². The fourth-order valence-electron chi connectivity index (χ4n) is 1.98. The van der Waals surface area contributed by atoms with Crippen molar-refractivity contribution in [2.75, 3.05) is 23.4 Å². The Kier molecular flexibility index (Phi) is 4.49. The van der Waals surface area contributed by atoms with E-state index in [9.17, 15) is 17.6 Å². The number of amides is 1. The average Bonchev–Trinajstić information content (AvgIpc) is 2.70. The lowest BCUT2D eigenvalue weighted by molar-refractivity contribution is -0.119. The van der Waals surface area contributed by atoms with E-state index in [0.717, 1.165) is 0 Å². The zero-order valence-corrected chi connectivity index (χ0v) is 12.1. The van der Waals surface area contributed by atoms with Crippen LogP contribution in [0.25, 0.3) is 0 Å². The summed E-state index contributed by atoms with van der Waals surface area (Å²) in [7, 11) is -3.01. The molecule has 0 aromatic heterocycles. The van der Waals surface area contributed by atoms with Crippen molar-refractivity contribution in [3.63, 3.8) is 0 Å². The van der Waals surface area contributed by atoms with Gasteiger partial charge >= 0.3 is 0 Å². The number of hydrogen-bond acceptors (Lipinski definition) is 4. The first kappa shape index (κ1) is 15.1. The van der Waals surface area contributed by atoms with E-state index in [-0.39, 0.29) is 35.0 Å². The molecule has 1 fully saturated rings. The fraction of sp³-hybridized carbons (Fsp3) is 0.417. The van der Waals surface area contributed by atoms with Crippen LogP contribution in [0.3, 0.4) is 0 Å². The summed E-state index contributed by atoms with van der Waals surface area (Å²) in [5, 5.41) is 5.41. The molecule has 2 rings (SSSR count). The molecule has 2 N–H and O–H groups in total. The van der Waals surface area contributed by atoms with Crippen molar-refractivity contribution in [2.45, 2.75) is 12.5 Å². The number of sulfone groups is 1. The van der Waals surface area contributed by atoms with Crippen LogP contribution in [-0.2, 0) is 14.6 Å². The van der Waals surface area contributed by atoms with Crippen molar-refractivity contribution < 1.29 is 17.6 Å². The van der Waals surface area contributed by atoms with Crippen molar-refractivity contribution in [2.24, 2.45) is 0 Å². The third kappa shape index (κ3) is 4.08. The molecule has 1 saturated heterocycles. The van der Waals surface area contributed by atoms with Crippen LogP contribution >= 0.6 is 11.6 Å². The van der Waals surface area contributed by atoms with Crippen LogP contribution in [0.4, 0.5) is 10.1 Å². The van der Waals surface area contributed by atoms with Gasteiger partial charge in [-0.15, -0.1) is 0 Å². The Labute approximate surface area is 121 Å². The first-order valence-corrected chi connectivity index (χ1v) is 8.24. The number of anilines is 1. The van der Waals surface area contributed by atoms with Crippen LogP contribution in [0, 0.1) is 5.82 Å². The molecule has 1 heterocycles. The van der Waals surface area contributed by atoms with E-state index in [4.69, 9.17) is 11.6 Å². The van der Waals surface area contributed by atoms with Gasteiger partial charge in [-0.25, -0.2) is 12.8 Å². The molecule has 8 heteroatoms. The van der Waals surface area contributed by atoms with Crippen molar-refractivity contribution in [1.29, 1.82) is 0 Å². The van der Waals surface area contributed by atoms with E-state index in [0.29, 0.717) is 12.1 Å². The quantitative estimate of drug-likeness (QED) is 0.874. The van der Waals surface area contributed by atoms with Gasteiger partial charge in [0.2, 0.25) is 5.91 Å². The van der Waals surface area contributed by atoms with Gasteiger partial charge in [0.05, 0.1) is 23.1 Å². The maximum atomic E-state index is 12.9. The molecule has 5 nitrogen and oxygen atoms in total. The van der Waals surface area contributed by atoms with Gasteiger partial charge in [0.15, 0.2) is 9.84 Å². The van der Waals surface area contributed by atoms with Crippen molar-refractivity contribution in [3.8, 4) is 0 Å². The van der Waals surface area contributed by atoms with Crippen molar-refractivity contribution >= 4 is 33.0 Å². The Balaban J connectivity index is 1.82. The number of halogens is 2. The predicted molar refractivity (Wildman–Crippen MR) is 75.1 cm³/mol. The van der Waals surface area contributed by atoms with Crippen LogP contribution in [-0.4, -0.2) is 38.4 Å². The number of nitrogens with one attached hydrogen (secondary N) is 2. The predicted octanol–water partition coefficient (Wildman–Crippen LogP) is 1.19. The molecule has 110 valence electrons. The Morgan fingerprint density at radius 1 is 1.45 bits per heavy atom. The molecule has 0 spiro atoms. The molecular weight excluding hydrogens is 307 g/mol. The highest BCUT2D eigenvalue weighted by Gasteiger charge is 2.28. The summed E-state index contributed by atoms with van der Waals surface area (Å²) in [6.45, 7) is -0.0293. The summed E-state index contributed by atoms with van der Waals surface area (Å²) in [5.74, 6) is -0.745. The Bertz CT molecular complexity index is 621. The third-order valence-electron chi connectivity index (χ3n) is 2.97. The Hall–Kier alpha value is -1.34. The second kappa shape index (κ2) is 5.97. The number of rotatable bonds is 4. The summed E-state index contributed by atoms with van der Waals surface area (Å²) in [4.78, 5) is 11.7. The van der Waals surface area contributed by atoms with Crippen LogP contribution < -0.4 is 10.6 Å². The number of carbonyl (C=O) groups excluding carboxylic acids is 1. The minimum atomic E-state index is -3.01. The lowest BCUT2D eigenvalue weighted by Gasteiger charge is -2.12. The molecule has 1 aliphatic rings. The lowest BCUT2D eigenvalue weighted by atomic mass is 10.2. The standard InChI is InChI=1S/C12H14ClFN2O3S/c13-10-5-8(1-2-11(10)14)15-6-12(17)16-9-3-4-20(18,19)7-9/h1-2,5,9,15H,3-4,6-7H2,(H,16,17)/t9-/m0/s1. The smallest absolute Gasteiger partial charge is 0.239 e. The molecule has 0 saturated carbocycles. The zero-order valence-electron chi connectivity index (χ0n) is 10.5. The Morgan fingerprint density at radius 2 is 2.20 bits per heavy atom. The minimum absolute atomic E-state index is 0.0128. The van der Waals surface area contributed by atoms with E-state index in [2.05, 4.69) is 10.6 Å². The van der Waals surface area contributed by atoms with Gasteiger partial charge in [0, 0.05) is 11.7 Å². The van der Waals surface area contributed by atoms with Crippen LogP contribution in [0.15, 0.2) is 18.2 Å². The summed E-state index contributed by atoms with van der Waals surface area (Å²) in [5.41, 5.74) is 0.519. The summed E-state index contributed by atoms with van der Waals surface area (Å²) in [6, 6.07) is 3.72. The number of hydrogen-bond donors (Lipinski definition) is 2. The fourth-order valence-corrected chi connectivity index (χ4v) is 3.83. The highest BCUT2D eigenvalue weighted by Crippen LogP contribution is 2.19. The molecule has 0 aliphatic carbocycles. The molecule has 1 aromatic rings. The molecule has 0 radical (unpaired) electrons. The van der Waals surface area contributed by atoms with E-state index >= 15 is 0 Å². The van der Waals surface area contributed by atoms with E-state index < -0.39 is 15.7 Å². The zero-order chi connectivity index (χ0) is 14.8. The number of carbonyl (C=O) groups is 1.